The van der Waals surface area contributed by atoms with Gasteiger partial charge in [-0.1, -0.05) is 30.3 Å². The van der Waals surface area contributed by atoms with E-state index >= 15 is 0 Å². The number of nitrogens with zero attached hydrogens (tertiary/aromatic N) is 5. The van der Waals surface area contributed by atoms with E-state index in [1.54, 1.807) is 24.3 Å². The van der Waals surface area contributed by atoms with Gasteiger partial charge in [0.25, 0.3) is 0 Å². The summed E-state index contributed by atoms with van der Waals surface area (Å²) in [5, 5.41) is 19.1. The van der Waals surface area contributed by atoms with E-state index < -0.39 is 0 Å². The van der Waals surface area contributed by atoms with Crippen molar-refractivity contribution in [1.82, 2.24) is 19.6 Å². The third kappa shape index (κ3) is 3.15. The Morgan fingerprint density at radius 3 is 2.37 bits per heavy atom. The number of rotatable bonds is 3. The van der Waals surface area contributed by atoms with Crippen LogP contribution in [0.5, 0.6) is 0 Å². The monoisotopic (exact) mass is 503 g/mol. The van der Waals surface area contributed by atoms with Crippen molar-refractivity contribution in [3.63, 3.8) is 0 Å². The molecule has 0 aromatic heterocycles. The summed E-state index contributed by atoms with van der Waals surface area (Å²) < 4.78 is 4.37. The molecule has 144 valence electrons. The number of nitriles is 1. The lowest BCUT2D eigenvalue weighted by Gasteiger charge is -2.12. The van der Waals surface area contributed by atoms with E-state index in [2.05, 4.69) is 63.1 Å². The molecule has 30 heavy (non-hydrogen) atoms. The molecule has 0 unspecified atom stereocenters. The highest BCUT2D eigenvalue weighted by Gasteiger charge is 2.22. The van der Waals surface area contributed by atoms with Gasteiger partial charge in [-0.15, -0.1) is 0 Å². The van der Waals surface area contributed by atoms with Gasteiger partial charge in [-0.05, 0) is 70.6 Å². The third-order valence-electron chi connectivity index (χ3n) is 4.96. The van der Waals surface area contributed by atoms with E-state index in [-0.39, 0.29) is 5.56 Å². The summed E-state index contributed by atoms with van der Waals surface area (Å²) in [5.41, 5.74) is 3.75. The van der Waals surface area contributed by atoms with Crippen LogP contribution < -0.4 is 5.56 Å². The number of aromatic nitrogens is 4. The predicted molar refractivity (Wildman–Crippen MR) is 123 cm³/mol. The number of para-hydroxylation sites is 1. The van der Waals surface area contributed by atoms with Crippen molar-refractivity contribution in [2.45, 2.75) is 6.54 Å². The normalized spacial score (nSPS) is 11.1. The van der Waals surface area contributed by atoms with Crippen LogP contribution in [-0.2, 0) is 6.54 Å². The Hall–Kier alpha value is -3.51. The highest BCUT2D eigenvalue weighted by atomic mass is 127. The van der Waals surface area contributed by atoms with Gasteiger partial charge in [0.1, 0.15) is 5.69 Å². The molecule has 0 N–H and O–H groups in total. The largest absolute Gasteiger partial charge is 0.301 e. The molecule has 0 amide bonds. The number of hydrogen-bond donors (Lipinski definition) is 0. The van der Waals surface area contributed by atoms with Crippen molar-refractivity contribution in [1.29, 1.82) is 5.26 Å². The molecule has 6 nitrogen and oxygen atoms in total. The van der Waals surface area contributed by atoms with Gasteiger partial charge < -0.3 is 0 Å². The molecule has 2 aliphatic heterocycles. The van der Waals surface area contributed by atoms with Gasteiger partial charge in [0, 0.05) is 8.96 Å². The van der Waals surface area contributed by atoms with Crippen LogP contribution in [0, 0.1) is 14.9 Å². The summed E-state index contributed by atoms with van der Waals surface area (Å²) in [6, 6.07) is 24.9. The molecular weight excluding hydrogens is 489 g/mol. The van der Waals surface area contributed by atoms with Crippen LogP contribution >= 0.6 is 22.6 Å². The first kappa shape index (κ1) is 18.5. The van der Waals surface area contributed by atoms with E-state index in [1.807, 2.05) is 28.9 Å². The van der Waals surface area contributed by atoms with Crippen molar-refractivity contribution >= 4 is 33.5 Å². The Morgan fingerprint density at radius 2 is 1.63 bits per heavy atom. The van der Waals surface area contributed by atoms with Crippen molar-refractivity contribution in [2.75, 3.05) is 0 Å². The van der Waals surface area contributed by atoms with E-state index in [0.29, 0.717) is 29.2 Å². The molecule has 2 heterocycles. The van der Waals surface area contributed by atoms with Crippen LogP contribution in [0.2, 0.25) is 0 Å². The molecule has 0 saturated carbocycles. The minimum atomic E-state index is -0.281. The molecule has 0 bridgehead atoms. The molecule has 0 saturated heterocycles. The van der Waals surface area contributed by atoms with Crippen LogP contribution in [0.3, 0.4) is 0 Å². The fourth-order valence-electron chi connectivity index (χ4n) is 3.47. The standard InChI is InChI=1S/C23H14IN5O/c24-17-9-5-16(6-10-17)14-28-20-4-2-1-3-19(20)21-22(26-28)23(30)29(27-21)18-11-7-15(13-25)8-12-18/h1-12H,14H2. The maximum absolute atomic E-state index is 13.1. The first-order chi connectivity index (χ1) is 14.6. The summed E-state index contributed by atoms with van der Waals surface area (Å²) in [4.78, 5) is 13.1. The number of hydrogen-bond acceptors (Lipinski definition) is 4. The van der Waals surface area contributed by atoms with E-state index in [1.165, 1.54) is 8.25 Å². The summed E-state index contributed by atoms with van der Waals surface area (Å²) in [6.45, 7) is 0.550. The van der Waals surface area contributed by atoms with Gasteiger partial charge in [-0.3, -0.25) is 9.48 Å². The minimum absolute atomic E-state index is 0.281. The number of fused-ring (bicyclic) bond motifs is 3. The molecular formula is C23H14IN5O. The predicted octanol–water partition coefficient (Wildman–Crippen LogP) is 4.21. The molecule has 3 aromatic rings. The van der Waals surface area contributed by atoms with Gasteiger partial charge in [0.2, 0.25) is 0 Å². The summed E-state index contributed by atoms with van der Waals surface area (Å²) in [5.74, 6) is 0. The second kappa shape index (κ2) is 7.39. The lowest BCUT2D eigenvalue weighted by Crippen LogP contribution is -2.17. The topological polar surface area (TPSA) is 76.5 Å². The zero-order valence-electron chi connectivity index (χ0n) is 15.7. The number of benzene rings is 3. The SMILES string of the molecule is N#Cc1ccc(-n2nc3c4ccccc4n(Cc4ccc(I)cc4)nc-3c2=O)cc1. The molecule has 5 rings (SSSR count). The quantitative estimate of drug-likeness (QED) is 0.346. The van der Waals surface area contributed by atoms with Gasteiger partial charge in [-0.25, -0.2) is 0 Å². The molecule has 0 fully saturated rings. The summed E-state index contributed by atoms with van der Waals surface area (Å²) >= 11 is 2.28. The highest BCUT2D eigenvalue weighted by molar-refractivity contribution is 14.1. The second-order valence-corrected chi connectivity index (χ2v) is 8.12. The van der Waals surface area contributed by atoms with E-state index in [4.69, 9.17) is 5.26 Å². The summed E-state index contributed by atoms with van der Waals surface area (Å²) in [6.07, 6.45) is 0. The minimum Gasteiger partial charge on any atom is -0.265 e. The smallest absolute Gasteiger partial charge is 0.265 e. The highest BCUT2D eigenvalue weighted by Crippen LogP contribution is 2.26. The fourth-order valence-corrected chi connectivity index (χ4v) is 3.83. The van der Waals surface area contributed by atoms with Gasteiger partial charge in [-0.2, -0.15) is 20.1 Å². The van der Waals surface area contributed by atoms with Crippen LogP contribution in [0.15, 0.2) is 77.6 Å². The van der Waals surface area contributed by atoms with Gasteiger partial charge in [0.15, 0.2) is 5.69 Å². The molecule has 0 aliphatic carbocycles. The average molecular weight is 503 g/mol. The summed E-state index contributed by atoms with van der Waals surface area (Å²) in [7, 11) is 0. The van der Waals surface area contributed by atoms with Crippen molar-refractivity contribution in [2.24, 2.45) is 0 Å². The molecule has 2 aliphatic rings. The van der Waals surface area contributed by atoms with Gasteiger partial charge in [0.05, 0.1) is 29.4 Å². The zero-order chi connectivity index (χ0) is 20.7. The third-order valence-corrected chi connectivity index (χ3v) is 5.68. The maximum Gasteiger partial charge on any atom is 0.301 e. The Bertz CT molecular complexity index is 1440. The van der Waals surface area contributed by atoms with E-state index in [0.717, 1.165) is 16.5 Å². The van der Waals surface area contributed by atoms with Crippen molar-refractivity contribution in [3.8, 4) is 23.1 Å². The van der Waals surface area contributed by atoms with Crippen LogP contribution in [-0.4, -0.2) is 19.6 Å². The lowest BCUT2D eigenvalue weighted by atomic mass is 10.1. The second-order valence-electron chi connectivity index (χ2n) is 6.87. The zero-order valence-corrected chi connectivity index (χ0v) is 17.8. The first-order valence-corrected chi connectivity index (χ1v) is 10.4. The molecule has 0 atom stereocenters. The first-order valence-electron chi connectivity index (χ1n) is 9.27. The molecule has 7 heteroatoms. The molecule has 0 spiro atoms. The Morgan fingerprint density at radius 1 is 0.900 bits per heavy atom. The fraction of sp³-hybridized carbons (Fsp3) is 0.0435. The van der Waals surface area contributed by atoms with Crippen molar-refractivity contribution in [3.05, 3.63) is 97.8 Å². The van der Waals surface area contributed by atoms with Crippen LogP contribution in [0.4, 0.5) is 0 Å². The van der Waals surface area contributed by atoms with Crippen LogP contribution in [0.1, 0.15) is 11.1 Å². The molecule has 3 aromatic carbocycles. The Kier molecular flexibility index (Phi) is 4.56. The van der Waals surface area contributed by atoms with Crippen LogP contribution in [0.25, 0.3) is 28.0 Å². The van der Waals surface area contributed by atoms with E-state index in [9.17, 15) is 4.79 Å². The Balaban J connectivity index is 1.71. The van der Waals surface area contributed by atoms with Crippen molar-refractivity contribution < 1.29 is 0 Å². The lowest BCUT2D eigenvalue weighted by molar-refractivity contribution is 0.699. The Labute approximate surface area is 185 Å². The van der Waals surface area contributed by atoms with Gasteiger partial charge >= 0.3 is 5.56 Å². The average Bonchev–Trinajstić information content (AvgIpc) is 3.12. The maximum atomic E-state index is 13.1. The molecule has 0 radical (unpaired) electrons. The number of halogens is 1.